The van der Waals surface area contributed by atoms with Gasteiger partial charge in [-0.25, -0.2) is 0 Å². The first-order chi connectivity index (χ1) is 16.2. The summed E-state index contributed by atoms with van der Waals surface area (Å²) in [7, 11) is 0. The van der Waals surface area contributed by atoms with Crippen molar-refractivity contribution in [2.45, 2.75) is 181 Å². The zero-order chi connectivity index (χ0) is 24.4. The highest BCUT2D eigenvalue weighted by atomic mass is 15.1. The molecular formula is C32H66N. The van der Waals surface area contributed by atoms with Crippen molar-refractivity contribution in [3.8, 4) is 0 Å². The molecule has 0 saturated heterocycles. The highest BCUT2D eigenvalue weighted by Gasteiger charge is 2.17. The van der Waals surface area contributed by atoms with E-state index in [1.807, 2.05) is 0 Å². The molecule has 0 rings (SSSR count). The molecule has 0 aliphatic carbocycles. The molecule has 0 aromatic carbocycles. The first-order valence-corrected chi connectivity index (χ1v) is 15.8. The van der Waals surface area contributed by atoms with Gasteiger partial charge in [-0.05, 0) is 44.7 Å². The van der Waals surface area contributed by atoms with Crippen LogP contribution in [0.15, 0.2) is 0 Å². The summed E-state index contributed by atoms with van der Waals surface area (Å²) in [6, 6.07) is 0.818. The van der Waals surface area contributed by atoms with Crippen LogP contribution in [-0.4, -0.2) is 24.0 Å². The maximum absolute atomic E-state index is 4.11. The molecule has 0 aromatic rings. The molecule has 0 aliphatic heterocycles. The Hall–Kier alpha value is -0.0400. The van der Waals surface area contributed by atoms with E-state index < -0.39 is 0 Å². The average Bonchev–Trinajstić information content (AvgIpc) is 2.83. The predicted molar refractivity (Wildman–Crippen MR) is 153 cm³/mol. The van der Waals surface area contributed by atoms with E-state index in [1.165, 1.54) is 154 Å². The predicted octanol–water partition coefficient (Wildman–Crippen LogP) is 11.2. The molecule has 0 saturated carbocycles. The minimum Gasteiger partial charge on any atom is -0.300 e. The molecule has 0 spiro atoms. The summed E-state index contributed by atoms with van der Waals surface area (Å²) in [6.07, 6.45) is 32.4. The van der Waals surface area contributed by atoms with Crippen molar-refractivity contribution in [1.82, 2.24) is 4.90 Å². The Bertz CT molecular complexity index is 344. The Morgan fingerprint density at radius 1 is 0.485 bits per heavy atom. The number of rotatable bonds is 27. The molecule has 2 atom stereocenters. The number of hydrogen-bond donors (Lipinski definition) is 0. The van der Waals surface area contributed by atoms with Gasteiger partial charge in [0.05, 0.1) is 0 Å². The van der Waals surface area contributed by atoms with Gasteiger partial charge in [0.25, 0.3) is 0 Å². The molecular weight excluding hydrogens is 398 g/mol. The highest BCUT2D eigenvalue weighted by Crippen LogP contribution is 2.25. The summed E-state index contributed by atoms with van der Waals surface area (Å²) in [5.41, 5.74) is 0. The van der Waals surface area contributed by atoms with Gasteiger partial charge >= 0.3 is 0 Å². The molecule has 199 valence electrons. The van der Waals surface area contributed by atoms with Gasteiger partial charge in [-0.15, -0.1) is 0 Å². The normalized spacial score (nSPS) is 13.6. The molecule has 0 heterocycles. The lowest BCUT2D eigenvalue weighted by molar-refractivity contribution is 0.170. The van der Waals surface area contributed by atoms with Crippen molar-refractivity contribution in [2.24, 2.45) is 5.92 Å². The smallest absolute Gasteiger partial charge is 0.00926 e. The molecule has 1 nitrogen and oxygen atoms in total. The van der Waals surface area contributed by atoms with E-state index in [1.54, 1.807) is 0 Å². The second-order valence-corrected chi connectivity index (χ2v) is 10.9. The molecule has 1 radical (unpaired) electrons. The lowest BCUT2D eigenvalue weighted by Crippen LogP contribution is -2.36. The molecule has 2 unspecified atom stereocenters. The Morgan fingerprint density at radius 2 is 0.939 bits per heavy atom. The van der Waals surface area contributed by atoms with Crippen molar-refractivity contribution in [1.29, 1.82) is 0 Å². The van der Waals surface area contributed by atoms with Crippen molar-refractivity contribution >= 4 is 0 Å². The van der Waals surface area contributed by atoms with Gasteiger partial charge in [0.1, 0.15) is 0 Å². The Balaban J connectivity index is 4.11. The van der Waals surface area contributed by atoms with Crippen LogP contribution in [-0.2, 0) is 0 Å². The minimum absolute atomic E-state index is 0.818. The summed E-state index contributed by atoms with van der Waals surface area (Å²) in [5, 5.41) is 0. The molecule has 0 N–H and O–H groups in total. The summed E-state index contributed by atoms with van der Waals surface area (Å²) < 4.78 is 0. The van der Waals surface area contributed by atoms with Gasteiger partial charge in [0, 0.05) is 6.04 Å². The van der Waals surface area contributed by atoms with Crippen LogP contribution >= 0.6 is 0 Å². The van der Waals surface area contributed by atoms with Crippen molar-refractivity contribution < 1.29 is 0 Å². The van der Waals surface area contributed by atoms with E-state index in [0.717, 1.165) is 18.4 Å². The van der Waals surface area contributed by atoms with Crippen molar-refractivity contribution in [3.63, 3.8) is 0 Å². The molecule has 0 bridgehead atoms. The fourth-order valence-electron chi connectivity index (χ4n) is 5.45. The van der Waals surface area contributed by atoms with E-state index in [4.69, 9.17) is 0 Å². The van der Waals surface area contributed by atoms with Crippen LogP contribution < -0.4 is 0 Å². The number of hydrogen-bond acceptors (Lipinski definition) is 1. The number of unbranched alkanes of at least 4 members (excludes halogenated alkanes) is 13. The van der Waals surface area contributed by atoms with Gasteiger partial charge in [-0.2, -0.15) is 0 Å². The topological polar surface area (TPSA) is 3.24 Å². The second-order valence-electron chi connectivity index (χ2n) is 10.9. The zero-order valence-corrected chi connectivity index (χ0v) is 24.0. The maximum Gasteiger partial charge on any atom is 0.00926 e. The Labute approximate surface area is 212 Å². The molecule has 1 heteroatoms. The Morgan fingerprint density at radius 3 is 1.42 bits per heavy atom. The summed E-state index contributed by atoms with van der Waals surface area (Å²) in [4.78, 5) is 2.84. The van der Waals surface area contributed by atoms with Crippen LogP contribution in [0.25, 0.3) is 0 Å². The summed E-state index contributed by atoms with van der Waals surface area (Å²) >= 11 is 0. The van der Waals surface area contributed by atoms with E-state index in [0.29, 0.717) is 0 Å². The third-order valence-electron chi connectivity index (χ3n) is 7.81. The SMILES string of the molecule is [CH2]CCCC(CCCCCCCCCCCCC)CCCC(CC)N(CCCC)CCCC. The second kappa shape index (κ2) is 26.6. The lowest BCUT2D eigenvalue weighted by Gasteiger charge is -2.31. The van der Waals surface area contributed by atoms with Crippen molar-refractivity contribution in [3.05, 3.63) is 6.92 Å². The third kappa shape index (κ3) is 21.0. The zero-order valence-electron chi connectivity index (χ0n) is 24.0. The fourth-order valence-corrected chi connectivity index (χ4v) is 5.45. The summed E-state index contributed by atoms with van der Waals surface area (Å²) in [6.45, 7) is 16.1. The van der Waals surface area contributed by atoms with Gasteiger partial charge in [0.2, 0.25) is 0 Å². The minimum atomic E-state index is 0.818. The van der Waals surface area contributed by atoms with E-state index >= 15 is 0 Å². The highest BCUT2D eigenvalue weighted by molar-refractivity contribution is 4.72. The van der Waals surface area contributed by atoms with Gasteiger partial charge in [-0.3, -0.25) is 0 Å². The fraction of sp³-hybridized carbons (Fsp3) is 0.969. The average molecular weight is 465 g/mol. The van der Waals surface area contributed by atoms with Gasteiger partial charge < -0.3 is 4.90 Å². The third-order valence-corrected chi connectivity index (χ3v) is 7.81. The van der Waals surface area contributed by atoms with Gasteiger partial charge in [-0.1, -0.05) is 157 Å². The Kier molecular flexibility index (Phi) is 26.5. The first kappa shape index (κ1) is 33.0. The van der Waals surface area contributed by atoms with Crippen molar-refractivity contribution in [2.75, 3.05) is 13.1 Å². The maximum atomic E-state index is 4.11. The molecule has 0 fully saturated rings. The molecule has 33 heavy (non-hydrogen) atoms. The first-order valence-electron chi connectivity index (χ1n) is 15.8. The lowest BCUT2D eigenvalue weighted by atomic mass is 9.89. The van der Waals surface area contributed by atoms with E-state index in [2.05, 4.69) is 39.5 Å². The van der Waals surface area contributed by atoms with E-state index in [9.17, 15) is 0 Å². The number of nitrogens with zero attached hydrogens (tertiary/aromatic N) is 1. The van der Waals surface area contributed by atoms with E-state index in [-0.39, 0.29) is 0 Å². The quantitative estimate of drug-likeness (QED) is 0.109. The van der Waals surface area contributed by atoms with Crippen LogP contribution in [0, 0.1) is 12.8 Å². The molecule has 0 aromatic heterocycles. The largest absolute Gasteiger partial charge is 0.300 e. The molecule has 0 aliphatic rings. The standard InChI is InChI=1S/C32H66N/c1-6-11-15-16-17-18-19-20-21-22-23-26-31(25-12-7-2)27-24-28-32(10-5)33(29-13-8-3)30-14-9-4/h31-32H,2,6-30H2,1,3-5H3. The summed E-state index contributed by atoms with van der Waals surface area (Å²) in [5.74, 6) is 0.961. The van der Waals surface area contributed by atoms with Crippen LogP contribution in [0.1, 0.15) is 175 Å². The van der Waals surface area contributed by atoms with Crippen LogP contribution in [0.5, 0.6) is 0 Å². The monoisotopic (exact) mass is 465 g/mol. The van der Waals surface area contributed by atoms with Crippen LogP contribution in [0.2, 0.25) is 0 Å². The van der Waals surface area contributed by atoms with Gasteiger partial charge in [0.15, 0.2) is 0 Å². The molecule has 0 amide bonds. The van der Waals surface area contributed by atoms with Crippen LogP contribution in [0.3, 0.4) is 0 Å². The van der Waals surface area contributed by atoms with Crippen LogP contribution in [0.4, 0.5) is 0 Å².